The van der Waals surface area contributed by atoms with Gasteiger partial charge in [0.25, 0.3) is 0 Å². The van der Waals surface area contributed by atoms with Crippen LogP contribution in [-0.4, -0.2) is 48.8 Å². The van der Waals surface area contributed by atoms with Crippen LogP contribution in [0.3, 0.4) is 0 Å². The number of hydrogen-bond donors (Lipinski definition) is 2. The molecule has 3 N–H and O–H groups in total. The second-order valence-electron chi connectivity index (χ2n) is 7.25. The molecule has 1 aliphatic carbocycles. The SMILES string of the molecule is CCN(CCCNC1CCCCC1CN)C(=O)OC(C)(C)C. The maximum atomic E-state index is 12.1. The largest absolute Gasteiger partial charge is 0.444 e. The van der Waals surface area contributed by atoms with E-state index >= 15 is 0 Å². The normalized spacial score (nSPS) is 22.4. The fourth-order valence-electron chi connectivity index (χ4n) is 3.02. The van der Waals surface area contributed by atoms with Crippen molar-refractivity contribution in [1.29, 1.82) is 0 Å². The highest BCUT2D eigenvalue weighted by atomic mass is 16.6. The van der Waals surface area contributed by atoms with E-state index in [1.165, 1.54) is 25.7 Å². The van der Waals surface area contributed by atoms with Crippen molar-refractivity contribution in [2.24, 2.45) is 11.7 Å². The van der Waals surface area contributed by atoms with Crippen LogP contribution in [0.2, 0.25) is 0 Å². The van der Waals surface area contributed by atoms with Gasteiger partial charge in [-0.25, -0.2) is 4.79 Å². The summed E-state index contributed by atoms with van der Waals surface area (Å²) in [7, 11) is 0. The molecule has 2 unspecified atom stereocenters. The predicted octanol–water partition coefficient (Wildman–Crippen LogP) is 2.74. The Labute approximate surface area is 135 Å². The van der Waals surface area contributed by atoms with Crippen molar-refractivity contribution in [3.05, 3.63) is 0 Å². The monoisotopic (exact) mass is 313 g/mol. The van der Waals surface area contributed by atoms with Crippen LogP contribution in [0.1, 0.15) is 59.8 Å². The number of carbonyl (C=O) groups is 1. The number of carbonyl (C=O) groups excluding carboxylic acids is 1. The Bertz CT molecular complexity index is 328. The standard InChI is InChI=1S/C17H35N3O2/c1-5-20(16(21)22-17(2,3)4)12-8-11-19-15-10-7-6-9-14(15)13-18/h14-15,19H,5-13,18H2,1-4H3. The van der Waals surface area contributed by atoms with Crippen LogP contribution in [0, 0.1) is 5.92 Å². The van der Waals surface area contributed by atoms with E-state index in [2.05, 4.69) is 5.32 Å². The molecule has 1 amide bonds. The van der Waals surface area contributed by atoms with Crippen LogP contribution in [0.4, 0.5) is 4.79 Å². The Morgan fingerprint density at radius 1 is 1.32 bits per heavy atom. The second-order valence-corrected chi connectivity index (χ2v) is 7.25. The fraction of sp³-hybridized carbons (Fsp3) is 0.941. The van der Waals surface area contributed by atoms with E-state index in [4.69, 9.17) is 10.5 Å². The van der Waals surface area contributed by atoms with Gasteiger partial charge in [0.1, 0.15) is 5.60 Å². The van der Waals surface area contributed by atoms with Gasteiger partial charge in [0.15, 0.2) is 0 Å². The lowest BCUT2D eigenvalue weighted by Gasteiger charge is -2.32. The van der Waals surface area contributed by atoms with Crippen LogP contribution in [0.5, 0.6) is 0 Å². The van der Waals surface area contributed by atoms with E-state index in [1.807, 2.05) is 27.7 Å². The summed E-state index contributed by atoms with van der Waals surface area (Å²) in [6, 6.07) is 0.551. The number of amides is 1. The Morgan fingerprint density at radius 3 is 2.59 bits per heavy atom. The molecule has 0 aromatic rings. The molecule has 130 valence electrons. The van der Waals surface area contributed by atoms with Gasteiger partial charge in [-0.2, -0.15) is 0 Å². The Morgan fingerprint density at radius 2 is 2.00 bits per heavy atom. The summed E-state index contributed by atoms with van der Waals surface area (Å²) in [4.78, 5) is 13.8. The first-order valence-corrected chi connectivity index (χ1v) is 8.78. The number of ether oxygens (including phenoxy) is 1. The van der Waals surface area contributed by atoms with E-state index in [9.17, 15) is 4.79 Å². The van der Waals surface area contributed by atoms with Crippen molar-refractivity contribution in [2.75, 3.05) is 26.2 Å². The molecule has 0 saturated heterocycles. The lowest BCUT2D eigenvalue weighted by atomic mass is 9.84. The first kappa shape index (κ1) is 19.2. The minimum Gasteiger partial charge on any atom is -0.444 e. The first-order valence-electron chi connectivity index (χ1n) is 8.78. The summed E-state index contributed by atoms with van der Waals surface area (Å²) < 4.78 is 5.42. The zero-order valence-corrected chi connectivity index (χ0v) is 14.9. The summed E-state index contributed by atoms with van der Waals surface area (Å²) in [6.45, 7) is 10.8. The highest BCUT2D eigenvalue weighted by Crippen LogP contribution is 2.23. The van der Waals surface area contributed by atoms with Crippen molar-refractivity contribution in [1.82, 2.24) is 10.2 Å². The second kappa shape index (κ2) is 9.36. The first-order chi connectivity index (χ1) is 10.4. The molecule has 0 heterocycles. The number of hydrogen-bond acceptors (Lipinski definition) is 4. The van der Waals surface area contributed by atoms with Gasteiger partial charge in [-0.05, 0) is 66.0 Å². The minimum absolute atomic E-state index is 0.215. The zero-order chi connectivity index (χ0) is 16.6. The van der Waals surface area contributed by atoms with Gasteiger partial charge in [-0.15, -0.1) is 0 Å². The van der Waals surface area contributed by atoms with Crippen molar-refractivity contribution < 1.29 is 9.53 Å². The van der Waals surface area contributed by atoms with E-state index in [0.29, 0.717) is 18.5 Å². The van der Waals surface area contributed by atoms with Crippen molar-refractivity contribution in [2.45, 2.75) is 71.4 Å². The molecule has 1 aliphatic rings. The number of nitrogens with two attached hydrogens (primary N) is 1. The molecule has 1 fully saturated rings. The van der Waals surface area contributed by atoms with Gasteiger partial charge >= 0.3 is 6.09 Å². The topological polar surface area (TPSA) is 67.6 Å². The van der Waals surface area contributed by atoms with Gasteiger partial charge in [0, 0.05) is 19.1 Å². The van der Waals surface area contributed by atoms with Crippen LogP contribution in [0.15, 0.2) is 0 Å². The highest BCUT2D eigenvalue weighted by molar-refractivity contribution is 5.68. The van der Waals surface area contributed by atoms with Crippen LogP contribution in [-0.2, 0) is 4.74 Å². The summed E-state index contributed by atoms with van der Waals surface area (Å²) in [6.07, 6.45) is 5.81. The molecule has 0 bridgehead atoms. The van der Waals surface area contributed by atoms with E-state index in [0.717, 1.165) is 26.1 Å². The number of rotatable bonds is 7. The molecule has 1 saturated carbocycles. The molecule has 5 heteroatoms. The zero-order valence-electron chi connectivity index (χ0n) is 14.9. The molecule has 1 rings (SSSR count). The lowest BCUT2D eigenvalue weighted by molar-refractivity contribution is 0.0258. The van der Waals surface area contributed by atoms with E-state index < -0.39 is 5.60 Å². The fourth-order valence-corrected chi connectivity index (χ4v) is 3.02. The summed E-state index contributed by atoms with van der Waals surface area (Å²) >= 11 is 0. The van der Waals surface area contributed by atoms with Crippen LogP contribution in [0.25, 0.3) is 0 Å². The summed E-state index contributed by atoms with van der Waals surface area (Å²) in [5.74, 6) is 0.613. The van der Waals surface area contributed by atoms with Crippen molar-refractivity contribution in [3.8, 4) is 0 Å². The molecule has 0 aliphatic heterocycles. The molecule has 0 spiro atoms. The van der Waals surface area contributed by atoms with Gasteiger partial charge in [-0.3, -0.25) is 0 Å². The van der Waals surface area contributed by atoms with Crippen LogP contribution >= 0.6 is 0 Å². The summed E-state index contributed by atoms with van der Waals surface area (Å²) in [5.41, 5.74) is 5.43. The minimum atomic E-state index is -0.431. The number of nitrogens with zero attached hydrogens (tertiary/aromatic N) is 1. The summed E-state index contributed by atoms with van der Waals surface area (Å²) in [5, 5.41) is 3.63. The van der Waals surface area contributed by atoms with Gasteiger partial charge in [0.2, 0.25) is 0 Å². The Balaban J connectivity index is 2.27. The molecule has 0 aromatic heterocycles. The average molecular weight is 313 g/mol. The Hall–Kier alpha value is -0.810. The highest BCUT2D eigenvalue weighted by Gasteiger charge is 2.24. The van der Waals surface area contributed by atoms with Gasteiger partial charge < -0.3 is 20.7 Å². The lowest BCUT2D eigenvalue weighted by Crippen LogP contribution is -2.43. The van der Waals surface area contributed by atoms with E-state index in [1.54, 1.807) is 4.90 Å². The molecular weight excluding hydrogens is 278 g/mol. The average Bonchev–Trinajstić information content (AvgIpc) is 2.45. The van der Waals surface area contributed by atoms with Gasteiger partial charge in [0.05, 0.1) is 0 Å². The third-order valence-corrected chi connectivity index (χ3v) is 4.26. The molecule has 0 aromatic carbocycles. The third-order valence-electron chi connectivity index (χ3n) is 4.26. The van der Waals surface area contributed by atoms with Gasteiger partial charge in [-0.1, -0.05) is 12.8 Å². The Kier molecular flexibility index (Phi) is 8.18. The number of nitrogens with one attached hydrogen (secondary N) is 1. The van der Waals surface area contributed by atoms with Crippen LogP contribution < -0.4 is 11.1 Å². The predicted molar refractivity (Wildman–Crippen MR) is 90.9 cm³/mol. The molecule has 22 heavy (non-hydrogen) atoms. The molecule has 5 nitrogen and oxygen atoms in total. The van der Waals surface area contributed by atoms with Crippen molar-refractivity contribution >= 4 is 6.09 Å². The third kappa shape index (κ3) is 6.97. The maximum absolute atomic E-state index is 12.1. The van der Waals surface area contributed by atoms with Crippen molar-refractivity contribution in [3.63, 3.8) is 0 Å². The smallest absolute Gasteiger partial charge is 0.410 e. The maximum Gasteiger partial charge on any atom is 0.410 e. The van der Waals surface area contributed by atoms with E-state index in [-0.39, 0.29) is 6.09 Å². The molecular formula is C17H35N3O2. The molecule has 2 atom stereocenters. The molecule has 0 radical (unpaired) electrons. The quantitative estimate of drug-likeness (QED) is 0.709.